The van der Waals surface area contributed by atoms with Gasteiger partial charge in [0.2, 0.25) is 5.91 Å². The topological polar surface area (TPSA) is 83.4 Å². The van der Waals surface area contributed by atoms with Gasteiger partial charge in [0, 0.05) is 29.5 Å². The van der Waals surface area contributed by atoms with Crippen LogP contribution in [-0.4, -0.2) is 27.7 Å². The van der Waals surface area contributed by atoms with Crippen molar-refractivity contribution in [3.8, 4) is 0 Å². The number of pyridine rings is 1. The predicted octanol–water partition coefficient (Wildman–Crippen LogP) is 3.37. The number of anilines is 1. The van der Waals surface area contributed by atoms with E-state index in [0.29, 0.717) is 12.5 Å². The Balaban J connectivity index is 1.17. The second-order valence-corrected chi connectivity index (χ2v) is 9.07. The minimum absolute atomic E-state index is 0.0636. The van der Waals surface area contributed by atoms with E-state index in [4.69, 9.17) is 0 Å². The molecule has 0 unspecified atom stereocenters. The molecule has 6 nitrogen and oxygen atoms in total. The standard InChI is InChI=1S/C27H29N3O3/c31-25-8-4-7-22-14-16-24(30(22)25)27(33)29-20-11-9-18(10-12-20)17-21-13-15-23(28-21)26(32)19-5-2-1-3-6-19/h1-12,21,23-24,26,28,32H,13-17H2,(H,29,33)/t21-,23+,24+,26+/m0/s1. The van der Waals surface area contributed by atoms with E-state index in [2.05, 4.69) is 10.6 Å². The number of fused-ring (bicyclic) bond motifs is 1. The van der Waals surface area contributed by atoms with Gasteiger partial charge in [-0.1, -0.05) is 48.5 Å². The van der Waals surface area contributed by atoms with Crippen molar-refractivity contribution in [3.05, 3.63) is 100.0 Å². The molecule has 33 heavy (non-hydrogen) atoms. The third-order valence-electron chi connectivity index (χ3n) is 6.86. The fourth-order valence-corrected chi connectivity index (χ4v) is 5.14. The maximum atomic E-state index is 12.8. The first kappa shape index (κ1) is 21.6. The SMILES string of the molecule is O=C(Nc1ccc(C[C@@H]2CC[C@H]([C@H](O)c3ccccc3)N2)cc1)[C@H]1CCc2cccc(=O)n21. The van der Waals surface area contributed by atoms with Crippen molar-refractivity contribution in [1.82, 2.24) is 9.88 Å². The molecule has 170 valence electrons. The largest absolute Gasteiger partial charge is 0.387 e. The molecule has 3 heterocycles. The van der Waals surface area contributed by atoms with Gasteiger partial charge < -0.3 is 20.3 Å². The van der Waals surface area contributed by atoms with Gasteiger partial charge in [-0.25, -0.2) is 0 Å². The summed E-state index contributed by atoms with van der Waals surface area (Å²) >= 11 is 0. The molecule has 1 saturated heterocycles. The summed E-state index contributed by atoms with van der Waals surface area (Å²) in [6.07, 6.45) is 3.72. The highest BCUT2D eigenvalue weighted by Crippen LogP contribution is 2.27. The number of aliphatic hydroxyl groups excluding tert-OH is 1. The molecule has 2 aromatic carbocycles. The lowest BCUT2D eigenvalue weighted by Gasteiger charge is -2.20. The zero-order chi connectivity index (χ0) is 22.8. The molecule has 3 N–H and O–H groups in total. The average molecular weight is 444 g/mol. The van der Waals surface area contributed by atoms with Crippen LogP contribution in [0, 0.1) is 0 Å². The van der Waals surface area contributed by atoms with E-state index in [1.807, 2.05) is 60.7 Å². The summed E-state index contributed by atoms with van der Waals surface area (Å²) < 4.78 is 1.61. The van der Waals surface area contributed by atoms with Gasteiger partial charge in [0.05, 0.1) is 6.10 Å². The third kappa shape index (κ3) is 4.63. The number of aryl methyl sites for hydroxylation is 1. The number of benzene rings is 2. The van der Waals surface area contributed by atoms with Gasteiger partial charge in [0.1, 0.15) is 6.04 Å². The second-order valence-electron chi connectivity index (χ2n) is 9.07. The van der Waals surface area contributed by atoms with Crippen molar-refractivity contribution in [3.63, 3.8) is 0 Å². The molecule has 5 rings (SSSR count). The molecule has 0 saturated carbocycles. The number of hydrogen-bond acceptors (Lipinski definition) is 4. The molecule has 1 aromatic heterocycles. The van der Waals surface area contributed by atoms with Crippen LogP contribution in [0.25, 0.3) is 0 Å². The summed E-state index contributed by atoms with van der Waals surface area (Å²) in [5.74, 6) is -0.148. The Hall–Kier alpha value is -3.22. The normalized spacial score (nSPS) is 22.6. The Morgan fingerprint density at radius 3 is 2.58 bits per heavy atom. The molecular weight excluding hydrogens is 414 g/mol. The fourth-order valence-electron chi connectivity index (χ4n) is 5.14. The van der Waals surface area contributed by atoms with Crippen LogP contribution >= 0.6 is 0 Å². The smallest absolute Gasteiger partial charge is 0.251 e. The summed E-state index contributed by atoms with van der Waals surface area (Å²) in [6, 6.07) is 22.8. The molecule has 2 aliphatic heterocycles. The van der Waals surface area contributed by atoms with E-state index in [1.165, 1.54) is 11.6 Å². The minimum atomic E-state index is -0.498. The van der Waals surface area contributed by atoms with Crippen molar-refractivity contribution in [2.45, 2.75) is 56.3 Å². The number of carbonyl (C=O) groups is 1. The van der Waals surface area contributed by atoms with Crippen molar-refractivity contribution in [1.29, 1.82) is 0 Å². The lowest BCUT2D eigenvalue weighted by Crippen LogP contribution is -2.35. The van der Waals surface area contributed by atoms with Crippen LogP contribution in [0.3, 0.4) is 0 Å². The van der Waals surface area contributed by atoms with E-state index < -0.39 is 12.1 Å². The molecule has 1 amide bonds. The summed E-state index contributed by atoms with van der Waals surface area (Å²) in [4.78, 5) is 25.0. The lowest BCUT2D eigenvalue weighted by atomic mass is 10.0. The van der Waals surface area contributed by atoms with Crippen LogP contribution in [0.5, 0.6) is 0 Å². The van der Waals surface area contributed by atoms with E-state index in [0.717, 1.165) is 42.6 Å². The molecule has 4 atom stereocenters. The molecule has 3 aromatic rings. The van der Waals surface area contributed by atoms with E-state index >= 15 is 0 Å². The molecule has 0 bridgehead atoms. The van der Waals surface area contributed by atoms with Crippen molar-refractivity contribution in [2.24, 2.45) is 0 Å². The molecule has 0 radical (unpaired) electrons. The maximum Gasteiger partial charge on any atom is 0.251 e. The molecule has 2 aliphatic rings. The summed E-state index contributed by atoms with van der Waals surface area (Å²) in [7, 11) is 0. The highest BCUT2D eigenvalue weighted by Gasteiger charge is 2.30. The van der Waals surface area contributed by atoms with Gasteiger partial charge in [-0.2, -0.15) is 0 Å². The van der Waals surface area contributed by atoms with Gasteiger partial charge in [-0.15, -0.1) is 0 Å². The van der Waals surface area contributed by atoms with Crippen molar-refractivity contribution in [2.75, 3.05) is 5.32 Å². The molecule has 1 fully saturated rings. The number of carbonyl (C=O) groups excluding carboxylic acids is 1. The first-order valence-corrected chi connectivity index (χ1v) is 11.7. The van der Waals surface area contributed by atoms with Gasteiger partial charge in [-0.05, 0) is 61.4 Å². The van der Waals surface area contributed by atoms with Gasteiger partial charge in [-0.3, -0.25) is 9.59 Å². The third-order valence-corrected chi connectivity index (χ3v) is 6.86. The first-order valence-electron chi connectivity index (χ1n) is 11.7. The second kappa shape index (κ2) is 9.33. The monoisotopic (exact) mass is 443 g/mol. The zero-order valence-corrected chi connectivity index (χ0v) is 18.5. The van der Waals surface area contributed by atoms with Crippen LogP contribution in [-0.2, 0) is 17.6 Å². The molecule has 0 aliphatic carbocycles. The Morgan fingerprint density at radius 1 is 1.00 bits per heavy atom. The summed E-state index contributed by atoms with van der Waals surface area (Å²) in [5, 5.41) is 17.2. The first-order chi connectivity index (χ1) is 16.1. The number of nitrogens with zero attached hydrogens (tertiary/aromatic N) is 1. The Bertz CT molecular complexity index is 1170. The van der Waals surface area contributed by atoms with Gasteiger partial charge >= 0.3 is 0 Å². The Kier molecular flexibility index (Phi) is 6.11. The Labute approximate surface area is 193 Å². The van der Waals surface area contributed by atoms with Crippen molar-refractivity contribution < 1.29 is 9.90 Å². The number of nitrogens with one attached hydrogen (secondary N) is 2. The highest BCUT2D eigenvalue weighted by molar-refractivity contribution is 5.94. The number of aromatic nitrogens is 1. The van der Waals surface area contributed by atoms with Crippen molar-refractivity contribution >= 4 is 11.6 Å². The number of hydrogen-bond donors (Lipinski definition) is 3. The van der Waals surface area contributed by atoms with E-state index in [9.17, 15) is 14.7 Å². The maximum absolute atomic E-state index is 12.8. The molecule has 6 heteroatoms. The average Bonchev–Trinajstić information content (AvgIpc) is 3.49. The van der Waals surface area contributed by atoms with E-state index in [-0.39, 0.29) is 17.5 Å². The quantitative estimate of drug-likeness (QED) is 0.546. The highest BCUT2D eigenvalue weighted by atomic mass is 16.3. The number of aliphatic hydroxyl groups is 1. The number of rotatable bonds is 6. The van der Waals surface area contributed by atoms with E-state index in [1.54, 1.807) is 10.6 Å². The van der Waals surface area contributed by atoms with Crippen LogP contribution in [0.1, 0.15) is 48.2 Å². The zero-order valence-electron chi connectivity index (χ0n) is 18.5. The lowest BCUT2D eigenvalue weighted by molar-refractivity contribution is -0.119. The van der Waals surface area contributed by atoms with Crippen LogP contribution in [0.2, 0.25) is 0 Å². The predicted molar refractivity (Wildman–Crippen MR) is 128 cm³/mol. The van der Waals surface area contributed by atoms with Gasteiger partial charge in [0.25, 0.3) is 5.56 Å². The molecule has 0 spiro atoms. The number of amides is 1. The molecular formula is C27H29N3O3. The Morgan fingerprint density at radius 2 is 1.79 bits per heavy atom. The van der Waals surface area contributed by atoms with Crippen LogP contribution < -0.4 is 16.2 Å². The van der Waals surface area contributed by atoms with Crippen LogP contribution in [0.15, 0.2) is 77.6 Å². The van der Waals surface area contributed by atoms with Crippen LogP contribution in [0.4, 0.5) is 5.69 Å². The summed E-state index contributed by atoms with van der Waals surface area (Å²) in [6.45, 7) is 0. The van der Waals surface area contributed by atoms with Gasteiger partial charge in [0.15, 0.2) is 0 Å². The summed E-state index contributed by atoms with van der Waals surface area (Å²) in [5.41, 5.74) is 3.65. The fraction of sp³-hybridized carbons (Fsp3) is 0.333. The minimum Gasteiger partial charge on any atom is -0.387 e.